The van der Waals surface area contributed by atoms with Gasteiger partial charge in [-0.2, -0.15) is 4.39 Å². The lowest BCUT2D eigenvalue weighted by molar-refractivity contribution is 0.0729. The Bertz CT molecular complexity index is 654. The number of amides is 1. The van der Waals surface area contributed by atoms with E-state index >= 15 is 0 Å². The van der Waals surface area contributed by atoms with Gasteiger partial charge in [-0.3, -0.25) is 4.79 Å². The molecule has 0 atom stereocenters. The van der Waals surface area contributed by atoms with E-state index in [1.807, 2.05) is 0 Å². The molecular weight excluding hydrogens is 274 g/mol. The minimum absolute atomic E-state index is 0.179. The second-order valence-corrected chi connectivity index (χ2v) is 5.16. The maximum Gasteiger partial charge on any atom is 0.254 e. The van der Waals surface area contributed by atoms with Crippen molar-refractivity contribution < 1.29 is 13.6 Å². The van der Waals surface area contributed by atoms with Gasteiger partial charge in [0.1, 0.15) is 5.82 Å². The number of hydrogen-bond acceptors (Lipinski definition) is 2. The lowest BCUT2D eigenvalue weighted by Gasteiger charge is -2.22. The molecule has 0 aliphatic heterocycles. The summed E-state index contributed by atoms with van der Waals surface area (Å²) in [5.41, 5.74) is 1.14. The summed E-state index contributed by atoms with van der Waals surface area (Å²) in [7, 11) is 0. The smallest absolute Gasteiger partial charge is 0.254 e. The van der Waals surface area contributed by atoms with E-state index in [1.54, 1.807) is 17.0 Å². The Kier molecular flexibility index (Phi) is 3.64. The molecule has 0 saturated heterocycles. The molecule has 1 aromatic carbocycles. The topological polar surface area (TPSA) is 33.2 Å². The van der Waals surface area contributed by atoms with Crippen molar-refractivity contribution in [1.82, 2.24) is 9.88 Å². The van der Waals surface area contributed by atoms with Crippen molar-refractivity contribution in [3.8, 4) is 0 Å². The molecule has 108 valence electrons. The lowest BCUT2D eigenvalue weighted by atomic mass is 10.1. The third-order valence-corrected chi connectivity index (χ3v) is 3.49. The van der Waals surface area contributed by atoms with Crippen LogP contribution in [0.15, 0.2) is 42.6 Å². The van der Waals surface area contributed by atoms with E-state index in [4.69, 9.17) is 0 Å². The second-order valence-electron chi connectivity index (χ2n) is 5.16. The Morgan fingerprint density at radius 1 is 1.19 bits per heavy atom. The Hall–Kier alpha value is -2.30. The molecule has 0 bridgehead atoms. The van der Waals surface area contributed by atoms with Gasteiger partial charge in [-0.25, -0.2) is 9.37 Å². The van der Waals surface area contributed by atoms with E-state index in [0.29, 0.717) is 6.54 Å². The van der Waals surface area contributed by atoms with Crippen LogP contribution in [-0.4, -0.2) is 21.8 Å². The summed E-state index contributed by atoms with van der Waals surface area (Å²) in [5.74, 6) is -1.19. The zero-order chi connectivity index (χ0) is 14.8. The van der Waals surface area contributed by atoms with Crippen LogP contribution in [0.4, 0.5) is 8.78 Å². The number of halogens is 2. The average Bonchev–Trinajstić information content (AvgIpc) is 3.30. The predicted molar refractivity (Wildman–Crippen MR) is 73.5 cm³/mol. The van der Waals surface area contributed by atoms with Crippen molar-refractivity contribution in [3.05, 3.63) is 65.5 Å². The fourth-order valence-corrected chi connectivity index (χ4v) is 2.24. The van der Waals surface area contributed by atoms with Gasteiger partial charge in [0.2, 0.25) is 5.95 Å². The molecule has 1 aliphatic rings. The maximum absolute atomic E-state index is 13.2. The van der Waals surface area contributed by atoms with Crippen LogP contribution in [0, 0.1) is 11.8 Å². The van der Waals surface area contributed by atoms with Gasteiger partial charge in [0.15, 0.2) is 0 Å². The Balaban J connectivity index is 1.81. The highest BCUT2D eigenvalue weighted by atomic mass is 19.1. The van der Waals surface area contributed by atoms with Crippen LogP contribution in [0.1, 0.15) is 28.8 Å². The van der Waals surface area contributed by atoms with Crippen molar-refractivity contribution in [2.75, 3.05) is 0 Å². The summed E-state index contributed by atoms with van der Waals surface area (Å²) >= 11 is 0. The van der Waals surface area contributed by atoms with E-state index in [2.05, 4.69) is 4.98 Å². The fraction of sp³-hybridized carbons (Fsp3) is 0.250. The molecule has 1 aromatic heterocycles. The molecule has 2 aromatic rings. The molecule has 1 saturated carbocycles. The monoisotopic (exact) mass is 288 g/mol. The molecule has 1 amide bonds. The van der Waals surface area contributed by atoms with Gasteiger partial charge in [-0.1, -0.05) is 12.1 Å². The largest absolute Gasteiger partial charge is 0.331 e. The number of nitrogens with zero attached hydrogens (tertiary/aromatic N) is 2. The number of carbonyl (C=O) groups excluding carboxylic acids is 1. The summed E-state index contributed by atoms with van der Waals surface area (Å²) in [6, 6.07) is 8.89. The number of pyridine rings is 1. The van der Waals surface area contributed by atoms with Crippen LogP contribution in [0.5, 0.6) is 0 Å². The Morgan fingerprint density at radius 3 is 2.52 bits per heavy atom. The fourth-order valence-electron chi connectivity index (χ4n) is 2.24. The van der Waals surface area contributed by atoms with E-state index < -0.39 is 5.95 Å². The molecule has 0 N–H and O–H groups in total. The van der Waals surface area contributed by atoms with Gasteiger partial charge in [0, 0.05) is 30.4 Å². The zero-order valence-corrected chi connectivity index (χ0v) is 11.3. The van der Waals surface area contributed by atoms with E-state index in [-0.39, 0.29) is 23.3 Å². The number of hydrogen-bond donors (Lipinski definition) is 0. The van der Waals surface area contributed by atoms with Gasteiger partial charge in [-0.05, 0) is 36.6 Å². The normalized spacial score (nSPS) is 14.0. The molecule has 21 heavy (non-hydrogen) atoms. The minimum atomic E-state index is -0.668. The third kappa shape index (κ3) is 3.24. The first-order valence-corrected chi connectivity index (χ1v) is 6.80. The molecule has 0 spiro atoms. The van der Waals surface area contributed by atoms with Crippen LogP contribution in [0.25, 0.3) is 0 Å². The molecule has 3 nitrogen and oxygen atoms in total. The summed E-state index contributed by atoms with van der Waals surface area (Å²) in [6.45, 7) is 0.397. The number of rotatable bonds is 4. The Morgan fingerprint density at radius 2 is 1.90 bits per heavy atom. The first-order chi connectivity index (χ1) is 10.1. The number of carbonyl (C=O) groups is 1. The van der Waals surface area contributed by atoms with E-state index in [1.165, 1.54) is 24.4 Å². The quantitative estimate of drug-likeness (QED) is 0.810. The highest BCUT2D eigenvalue weighted by Gasteiger charge is 2.33. The zero-order valence-electron chi connectivity index (χ0n) is 11.3. The van der Waals surface area contributed by atoms with Gasteiger partial charge in [-0.15, -0.1) is 0 Å². The van der Waals surface area contributed by atoms with E-state index in [9.17, 15) is 13.6 Å². The van der Waals surface area contributed by atoms with Crippen molar-refractivity contribution in [1.29, 1.82) is 0 Å². The molecule has 3 rings (SSSR count). The van der Waals surface area contributed by atoms with Crippen LogP contribution in [0.2, 0.25) is 0 Å². The van der Waals surface area contributed by atoms with E-state index in [0.717, 1.165) is 24.5 Å². The van der Waals surface area contributed by atoms with Gasteiger partial charge in [0.05, 0.1) is 0 Å². The number of benzene rings is 1. The van der Waals surface area contributed by atoms with Crippen molar-refractivity contribution in [2.24, 2.45) is 0 Å². The maximum atomic E-state index is 13.2. The summed E-state index contributed by atoms with van der Waals surface area (Å²) in [6.07, 6.45) is 3.17. The van der Waals surface area contributed by atoms with Crippen LogP contribution >= 0.6 is 0 Å². The van der Waals surface area contributed by atoms with Crippen molar-refractivity contribution >= 4 is 5.91 Å². The van der Waals surface area contributed by atoms with Crippen molar-refractivity contribution in [2.45, 2.75) is 25.4 Å². The number of aromatic nitrogens is 1. The summed E-state index contributed by atoms with van der Waals surface area (Å²) in [5, 5.41) is 0. The minimum Gasteiger partial charge on any atom is -0.331 e. The molecule has 5 heteroatoms. The third-order valence-electron chi connectivity index (χ3n) is 3.49. The average molecular weight is 288 g/mol. The predicted octanol–water partition coefficient (Wildman–Crippen LogP) is 3.16. The second kappa shape index (κ2) is 5.60. The highest BCUT2D eigenvalue weighted by molar-refractivity contribution is 5.94. The van der Waals surface area contributed by atoms with Gasteiger partial charge >= 0.3 is 0 Å². The molecule has 1 heterocycles. The highest BCUT2D eigenvalue weighted by Crippen LogP contribution is 2.29. The first-order valence-electron chi connectivity index (χ1n) is 6.80. The summed E-state index contributed by atoms with van der Waals surface area (Å²) in [4.78, 5) is 17.7. The van der Waals surface area contributed by atoms with Crippen LogP contribution < -0.4 is 0 Å². The Labute approximate surface area is 121 Å². The van der Waals surface area contributed by atoms with Gasteiger partial charge in [0.25, 0.3) is 5.91 Å². The summed E-state index contributed by atoms with van der Waals surface area (Å²) < 4.78 is 26.1. The van der Waals surface area contributed by atoms with Crippen molar-refractivity contribution in [3.63, 3.8) is 0 Å². The van der Waals surface area contributed by atoms with Crippen LogP contribution in [0.3, 0.4) is 0 Å². The molecule has 1 aliphatic carbocycles. The van der Waals surface area contributed by atoms with Gasteiger partial charge < -0.3 is 4.90 Å². The molecule has 0 radical (unpaired) electrons. The SMILES string of the molecule is O=C(c1ccnc(F)c1)N(Cc1ccc(F)cc1)C1CC1. The molecule has 1 fully saturated rings. The van der Waals surface area contributed by atoms with Crippen LogP contribution in [-0.2, 0) is 6.54 Å². The molecule has 0 unspecified atom stereocenters. The lowest BCUT2D eigenvalue weighted by Crippen LogP contribution is -2.32. The molecular formula is C16H14F2N2O. The first kappa shape index (κ1) is 13.7. The standard InChI is InChI=1S/C16H14F2N2O/c17-13-3-1-11(2-4-13)10-20(14-5-6-14)16(21)12-7-8-19-15(18)9-12/h1-4,7-9,14H,5-6,10H2.